The Hall–Kier alpha value is -0.680. The Bertz CT molecular complexity index is 567. The van der Waals surface area contributed by atoms with E-state index in [0.29, 0.717) is 13.0 Å². The molecule has 0 fully saturated rings. The zero-order chi connectivity index (χ0) is 13.2. The van der Waals surface area contributed by atoms with Crippen molar-refractivity contribution in [1.82, 2.24) is 0 Å². The van der Waals surface area contributed by atoms with Crippen molar-refractivity contribution in [2.24, 2.45) is 0 Å². The number of hydrogen-bond acceptors (Lipinski definition) is 3. The van der Waals surface area contributed by atoms with Crippen molar-refractivity contribution in [2.75, 3.05) is 6.61 Å². The average molecular weight is 339 g/mol. The maximum atomic E-state index is 10.4. The Kier molecular flexibility index (Phi) is 4.03. The van der Waals surface area contributed by atoms with Gasteiger partial charge in [-0.05, 0) is 45.6 Å². The van der Waals surface area contributed by atoms with E-state index in [0.717, 1.165) is 15.8 Å². The number of halogens is 1. The molecule has 0 saturated carbocycles. The van der Waals surface area contributed by atoms with Crippen molar-refractivity contribution in [3.8, 4) is 0 Å². The summed E-state index contributed by atoms with van der Waals surface area (Å²) in [5.74, 6) is 0. The van der Waals surface area contributed by atoms with Crippen LogP contribution in [-0.4, -0.2) is 17.8 Å². The average Bonchev–Trinajstić information content (AvgIpc) is 2.83. The summed E-state index contributed by atoms with van der Waals surface area (Å²) in [6.07, 6.45) is 0.872. The predicted molar refractivity (Wildman–Crippen MR) is 80.6 cm³/mol. The summed E-state index contributed by atoms with van der Waals surface area (Å²) < 4.78 is 6.89. The number of hydrogen-bond donors (Lipinski definition) is 1. The highest BCUT2D eigenvalue weighted by atomic mass is 79.9. The SMILES string of the molecule is OC(Cc1ccc(Br)s1)C1OCCc2ccccc21. The molecule has 2 nitrogen and oxygen atoms in total. The van der Waals surface area contributed by atoms with Gasteiger partial charge >= 0.3 is 0 Å². The Labute approximate surface area is 125 Å². The highest BCUT2D eigenvalue weighted by Crippen LogP contribution is 2.32. The van der Waals surface area contributed by atoms with Crippen LogP contribution in [0.15, 0.2) is 40.2 Å². The number of benzene rings is 1. The lowest BCUT2D eigenvalue weighted by Gasteiger charge is -2.29. The number of fused-ring (bicyclic) bond motifs is 1. The zero-order valence-corrected chi connectivity index (χ0v) is 12.8. The second-order valence-corrected chi connectivity index (χ2v) is 7.27. The molecule has 0 radical (unpaired) electrons. The number of thiophene rings is 1. The first-order chi connectivity index (χ1) is 9.24. The molecule has 2 aromatic rings. The number of ether oxygens (including phenoxy) is 1. The zero-order valence-electron chi connectivity index (χ0n) is 10.4. The van der Waals surface area contributed by atoms with E-state index in [1.165, 1.54) is 10.4 Å². The van der Waals surface area contributed by atoms with E-state index in [1.807, 2.05) is 24.3 Å². The van der Waals surface area contributed by atoms with Crippen LogP contribution in [-0.2, 0) is 17.6 Å². The minimum Gasteiger partial charge on any atom is -0.390 e. The molecule has 2 atom stereocenters. The van der Waals surface area contributed by atoms with Gasteiger partial charge in [0, 0.05) is 11.3 Å². The van der Waals surface area contributed by atoms with E-state index in [2.05, 4.69) is 28.1 Å². The lowest BCUT2D eigenvalue weighted by Crippen LogP contribution is -2.28. The van der Waals surface area contributed by atoms with Crippen LogP contribution in [0.25, 0.3) is 0 Å². The first-order valence-electron chi connectivity index (χ1n) is 6.36. The second kappa shape index (κ2) is 5.75. The molecule has 2 unspecified atom stereocenters. The normalized spacial score (nSPS) is 20.0. The van der Waals surface area contributed by atoms with Gasteiger partial charge < -0.3 is 9.84 Å². The molecular weight excluding hydrogens is 324 g/mol. The molecule has 4 heteroatoms. The van der Waals surface area contributed by atoms with Crippen LogP contribution in [0.4, 0.5) is 0 Å². The van der Waals surface area contributed by atoms with E-state index in [9.17, 15) is 5.11 Å². The summed E-state index contributed by atoms with van der Waals surface area (Å²) in [6, 6.07) is 12.3. The Morgan fingerprint density at radius 3 is 2.95 bits per heavy atom. The second-order valence-electron chi connectivity index (χ2n) is 4.72. The molecule has 1 aromatic carbocycles. The molecule has 1 aliphatic rings. The Balaban J connectivity index is 1.79. The third-order valence-corrected chi connectivity index (χ3v) is 5.07. The lowest BCUT2D eigenvalue weighted by atomic mass is 9.93. The summed E-state index contributed by atoms with van der Waals surface area (Å²) in [4.78, 5) is 1.17. The Morgan fingerprint density at radius 2 is 2.16 bits per heavy atom. The molecule has 3 rings (SSSR count). The van der Waals surface area contributed by atoms with Gasteiger partial charge in [0.2, 0.25) is 0 Å². The van der Waals surface area contributed by atoms with Crippen LogP contribution in [0.5, 0.6) is 0 Å². The first kappa shape index (κ1) is 13.3. The molecular formula is C15H15BrO2S. The van der Waals surface area contributed by atoms with Crippen LogP contribution in [0.2, 0.25) is 0 Å². The van der Waals surface area contributed by atoms with Gasteiger partial charge in [-0.15, -0.1) is 11.3 Å². The summed E-state index contributed by atoms with van der Waals surface area (Å²) in [5.41, 5.74) is 2.43. The summed E-state index contributed by atoms with van der Waals surface area (Å²) in [5, 5.41) is 10.4. The van der Waals surface area contributed by atoms with Gasteiger partial charge in [0.25, 0.3) is 0 Å². The van der Waals surface area contributed by atoms with Gasteiger partial charge in [0.05, 0.1) is 16.5 Å². The van der Waals surface area contributed by atoms with Gasteiger partial charge in [-0.1, -0.05) is 24.3 Å². The van der Waals surface area contributed by atoms with Crippen molar-refractivity contribution in [1.29, 1.82) is 0 Å². The standard InChI is InChI=1S/C15H15BrO2S/c16-14-6-5-11(19-14)9-13(17)15-12-4-2-1-3-10(12)7-8-18-15/h1-6,13,15,17H,7-9H2. The fourth-order valence-electron chi connectivity index (χ4n) is 2.52. The summed E-state index contributed by atoms with van der Waals surface area (Å²) >= 11 is 5.11. The third kappa shape index (κ3) is 2.92. The smallest absolute Gasteiger partial charge is 0.109 e. The van der Waals surface area contributed by atoms with Gasteiger partial charge in [0.15, 0.2) is 0 Å². The van der Waals surface area contributed by atoms with Crippen molar-refractivity contribution in [3.63, 3.8) is 0 Å². The van der Waals surface area contributed by atoms with Gasteiger partial charge in [0.1, 0.15) is 6.10 Å². The number of aliphatic hydroxyl groups excluding tert-OH is 1. The van der Waals surface area contributed by atoms with Crippen LogP contribution >= 0.6 is 27.3 Å². The van der Waals surface area contributed by atoms with Crippen LogP contribution < -0.4 is 0 Å². The topological polar surface area (TPSA) is 29.5 Å². The number of rotatable bonds is 3. The fourth-order valence-corrected chi connectivity index (χ4v) is 4.05. The molecule has 0 amide bonds. The molecule has 100 valence electrons. The quantitative estimate of drug-likeness (QED) is 0.923. The predicted octanol–water partition coefficient (Wildman–Crippen LogP) is 3.73. The van der Waals surface area contributed by atoms with Crippen LogP contribution in [0.1, 0.15) is 22.1 Å². The minimum atomic E-state index is -0.494. The van der Waals surface area contributed by atoms with E-state index in [4.69, 9.17) is 4.74 Å². The van der Waals surface area contributed by atoms with Crippen molar-refractivity contribution < 1.29 is 9.84 Å². The van der Waals surface area contributed by atoms with E-state index in [1.54, 1.807) is 11.3 Å². The van der Waals surface area contributed by atoms with E-state index in [-0.39, 0.29) is 6.10 Å². The van der Waals surface area contributed by atoms with Gasteiger partial charge in [-0.3, -0.25) is 0 Å². The maximum absolute atomic E-state index is 10.4. The molecule has 0 aliphatic carbocycles. The molecule has 1 N–H and O–H groups in total. The molecule has 19 heavy (non-hydrogen) atoms. The van der Waals surface area contributed by atoms with Gasteiger partial charge in [-0.2, -0.15) is 0 Å². The fraction of sp³-hybridized carbons (Fsp3) is 0.333. The first-order valence-corrected chi connectivity index (χ1v) is 7.96. The molecule has 0 spiro atoms. The van der Waals surface area contributed by atoms with Crippen molar-refractivity contribution >= 4 is 27.3 Å². The number of aliphatic hydroxyl groups is 1. The third-order valence-electron chi connectivity index (χ3n) is 3.42. The monoisotopic (exact) mass is 338 g/mol. The molecule has 1 aromatic heterocycles. The highest BCUT2D eigenvalue weighted by Gasteiger charge is 2.27. The summed E-state index contributed by atoms with van der Waals surface area (Å²) in [6.45, 7) is 0.687. The summed E-state index contributed by atoms with van der Waals surface area (Å²) in [7, 11) is 0. The Morgan fingerprint density at radius 1 is 1.32 bits per heavy atom. The minimum absolute atomic E-state index is 0.203. The van der Waals surface area contributed by atoms with Crippen molar-refractivity contribution in [3.05, 3.63) is 56.2 Å². The molecule has 0 bridgehead atoms. The largest absolute Gasteiger partial charge is 0.390 e. The van der Waals surface area contributed by atoms with E-state index < -0.39 is 6.10 Å². The van der Waals surface area contributed by atoms with Gasteiger partial charge in [-0.25, -0.2) is 0 Å². The molecule has 2 heterocycles. The van der Waals surface area contributed by atoms with Crippen molar-refractivity contribution in [2.45, 2.75) is 25.0 Å². The van der Waals surface area contributed by atoms with Crippen LogP contribution in [0, 0.1) is 0 Å². The maximum Gasteiger partial charge on any atom is 0.109 e. The lowest BCUT2D eigenvalue weighted by molar-refractivity contribution is -0.0457. The highest BCUT2D eigenvalue weighted by molar-refractivity contribution is 9.11. The van der Waals surface area contributed by atoms with E-state index >= 15 is 0 Å². The van der Waals surface area contributed by atoms with Crippen LogP contribution in [0.3, 0.4) is 0 Å². The molecule has 1 aliphatic heterocycles. The molecule has 0 saturated heterocycles.